The fourth-order valence-corrected chi connectivity index (χ4v) is 3.67. The van der Waals surface area contributed by atoms with E-state index in [1.54, 1.807) is 4.40 Å². The van der Waals surface area contributed by atoms with Gasteiger partial charge in [0.05, 0.1) is 4.53 Å². The van der Waals surface area contributed by atoms with Crippen LogP contribution in [0.4, 0.5) is 0 Å². The molecule has 0 saturated carbocycles. The predicted molar refractivity (Wildman–Crippen MR) is 95.5 cm³/mol. The first-order valence-electron chi connectivity index (χ1n) is 6.93. The van der Waals surface area contributed by atoms with E-state index in [0.717, 1.165) is 15.6 Å². The van der Waals surface area contributed by atoms with Gasteiger partial charge in [-0.05, 0) is 17.7 Å². The van der Waals surface area contributed by atoms with Gasteiger partial charge in [0.25, 0.3) is 5.56 Å². The lowest BCUT2D eigenvalue weighted by atomic mass is 10.2. The van der Waals surface area contributed by atoms with Gasteiger partial charge in [-0.15, -0.1) is 10.2 Å². The molecule has 4 nitrogen and oxygen atoms in total. The summed E-state index contributed by atoms with van der Waals surface area (Å²) in [5, 5.41) is 8.29. The van der Waals surface area contributed by atoms with Crippen molar-refractivity contribution in [3.05, 3.63) is 79.5 Å². The highest BCUT2D eigenvalue weighted by Crippen LogP contribution is 2.18. The Labute approximate surface area is 143 Å². The molecule has 0 bridgehead atoms. The third kappa shape index (κ3) is 2.50. The smallest absolute Gasteiger partial charge is 0.267 e. The number of aromatic nitrogens is 3. The molecule has 0 fully saturated rings. The molecule has 0 amide bonds. The molecular weight excluding hydrogens is 374 g/mol. The van der Waals surface area contributed by atoms with Crippen LogP contribution in [-0.4, -0.2) is 14.6 Å². The summed E-state index contributed by atoms with van der Waals surface area (Å²) in [6, 6.07) is 17.4. The Morgan fingerprint density at radius 1 is 1.00 bits per heavy atom. The first-order chi connectivity index (χ1) is 11.2. The topological polar surface area (TPSA) is 47.3 Å². The highest BCUT2D eigenvalue weighted by Gasteiger charge is 2.13. The van der Waals surface area contributed by atoms with Crippen molar-refractivity contribution in [2.24, 2.45) is 0 Å². The van der Waals surface area contributed by atoms with E-state index < -0.39 is 0 Å². The van der Waals surface area contributed by atoms with Gasteiger partial charge >= 0.3 is 0 Å². The number of thiazole rings is 1. The van der Waals surface area contributed by atoms with Crippen LogP contribution in [0.2, 0.25) is 0 Å². The second-order valence-electron chi connectivity index (χ2n) is 4.94. The molecule has 0 N–H and O–H groups in total. The lowest BCUT2D eigenvalue weighted by molar-refractivity contribution is 1.09. The summed E-state index contributed by atoms with van der Waals surface area (Å²) in [5.74, 6) is 0.577. The Morgan fingerprint density at radius 2 is 1.74 bits per heavy atom. The molecule has 0 aliphatic carbocycles. The van der Waals surface area contributed by atoms with Gasteiger partial charge in [-0.25, -0.2) is 4.40 Å². The quantitative estimate of drug-likeness (QED) is 0.534. The molecule has 0 aliphatic heterocycles. The Bertz CT molecular complexity index is 1100. The molecule has 23 heavy (non-hydrogen) atoms. The third-order valence-electron chi connectivity index (χ3n) is 3.47. The molecule has 0 aliphatic rings. The van der Waals surface area contributed by atoms with E-state index in [2.05, 4.69) is 26.1 Å². The third-order valence-corrected chi connectivity index (χ3v) is 5.15. The Balaban J connectivity index is 1.96. The van der Waals surface area contributed by atoms with Crippen LogP contribution >= 0.6 is 27.3 Å². The molecular formula is C17H10BrN3OS. The fraction of sp³-hybridized carbons (Fsp3) is 0. The lowest BCUT2D eigenvalue weighted by Crippen LogP contribution is -2.23. The van der Waals surface area contributed by atoms with Crippen LogP contribution < -0.4 is 10.1 Å². The first-order valence-corrected chi connectivity index (χ1v) is 8.54. The van der Waals surface area contributed by atoms with E-state index in [-0.39, 0.29) is 5.56 Å². The van der Waals surface area contributed by atoms with Gasteiger partial charge in [-0.2, -0.15) is 0 Å². The van der Waals surface area contributed by atoms with E-state index in [9.17, 15) is 4.79 Å². The molecule has 6 heteroatoms. The zero-order valence-corrected chi connectivity index (χ0v) is 14.2. The maximum absolute atomic E-state index is 12.7. The fourth-order valence-electron chi connectivity index (χ4n) is 2.37. The van der Waals surface area contributed by atoms with E-state index in [1.807, 2.05) is 60.7 Å². The highest BCUT2D eigenvalue weighted by atomic mass is 79.9. The van der Waals surface area contributed by atoms with Crippen LogP contribution in [0.1, 0.15) is 5.56 Å². The normalized spacial score (nSPS) is 12.1. The summed E-state index contributed by atoms with van der Waals surface area (Å²) in [6.45, 7) is 0. The SMILES string of the molecule is O=c1/c(=C/c2ccccc2Br)sc2nnc(-c3ccccc3)n12. The minimum Gasteiger partial charge on any atom is -0.267 e. The number of fused-ring (bicyclic) bond motifs is 1. The maximum atomic E-state index is 12.7. The van der Waals surface area contributed by atoms with Gasteiger partial charge < -0.3 is 0 Å². The number of rotatable bonds is 2. The Kier molecular flexibility index (Phi) is 3.55. The average molecular weight is 384 g/mol. The number of halogens is 1. The van der Waals surface area contributed by atoms with Gasteiger partial charge in [0.15, 0.2) is 5.82 Å². The van der Waals surface area contributed by atoms with Gasteiger partial charge in [0.2, 0.25) is 4.96 Å². The molecule has 0 radical (unpaired) electrons. The summed E-state index contributed by atoms with van der Waals surface area (Å²) in [4.78, 5) is 13.4. The van der Waals surface area contributed by atoms with E-state index in [4.69, 9.17) is 0 Å². The van der Waals surface area contributed by atoms with Crippen molar-refractivity contribution in [3.63, 3.8) is 0 Å². The van der Waals surface area contributed by atoms with Crippen molar-refractivity contribution in [1.82, 2.24) is 14.6 Å². The van der Waals surface area contributed by atoms with Crippen molar-refractivity contribution in [1.29, 1.82) is 0 Å². The average Bonchev–Trinajstić information content (AvgIpc) is 3.12. The zero-order valence-electron chi connectivity index (χ0n) is 11.8. The number of nitrogens with zero attached hydrogens (tertiary/aromatic N) is 3. The van der Waals surface area contributed by atoms with Gasteiger partial charge in [0, 0.05) is 10.0 Å². The van der Waals surface area contributed by atoms with Crippen molar-refractivity contribution in [2.75, 3.05) is 0 Å². The molecule has 0 atom stereocenters. The summed E-state index contributed by atoms with van der Waals surface area (Å²) in [5.41, 5.74) is 1.75. The van der Waals surface area contributed by atoms with Crippen molar-refractivity contribution in [2.45, 2.75) is 0 Å². The van der Waals surface area contributed by atoms with Crippen molar-refractivity contribution in [3.8, 4) is 11.4 Å². The Hall–Kier alpha value is -2.31. The summed E-state index contributed by atoms with van der Waals surface area (Å²) in [7, 11) is 0. The number of hydrogen-bond donors (Lipinski definition) is 0. The van der Waals surface area contributed by atoms with Crippen molar-refractivity contribution >= 4 is 38.3 Å². The molecule has 2 aromatic carbocycles. The molecule has 112 valence electrons. The summed E-state index contributed by atoms with van der Waals surface area (Å²) in [6.07, 6.45) is 1.88. The van der Waals surface area contributed by atoms with Gasteiger partial charge in [0.1, 0.15) is 0 Å². The molecule has 0 saturated heterocycles. The molecule has 4 aromatic rings. The monoisotopic (exact) mass is 383 g/mol. The van der Waals surface area contributed by atoms with Crippen LogP contribution in [0.25, 0.3) is 22.4 Å². The molecule has 0 spiro atoms. The predicted octanol–water partition coefficient (Wildman–Crippen LogP) is 3.13. The number of benzene rings is 2. The summed E-state index contributed by atoms with van der Waals surface area (Å²) < 4.78 is 3.16. The van der Waals surface area contributed by atoms with Gasteiger partial charge in [-0.1, -0.05) is 75.8 Å². The van der Waals surface area contributed by atoms with E-state index in [0.29, 0.717) is 15.3 Å². The second-order valence-corrected chi connectivity index (χ2v) is 6.81. The van der Waals surface area contributed by atoms with Gasteiger partial charge in [-0.3, -0.25) is 4.79 Å². The van der Waals surface area contributed by atoms with E-state index in [1.165, 1.54) is 11.3 Å². The van der Waals surface area contributed by atoms with Crippen LogP contribution in [-0.2, 0) is 0 Å². The molecule has 0 unspecified atom stereocenters. The largest absolute Gasteiger partial charge is 0.276 e. The van der Waals surface area contributed by atoms with Crippen LogP contribution in [0.5, 0.6) is 0 Å². The zero-order chi connectivity index (χ0) is 15.8. The van der Waals surface area contributed by atoms with Crippen molar-refractivity contribution < 1.29 is 0 Å². The molecule has 4 rings (SSSR count). The first kappa shape index (κ1) is 14.3. The second kappa shape index (κ2) is 5.72. The van der Waals surface area contributed by atoms with Crippen LogP contribution in [0.15, 0.2) is 63.9 Å². The lowest BCUT2D eigenvalue weighted by Gasteiger charge is -1.95. The summed E-state index contributed by atoms with van der Waals surface area (Å²) >= 11 is 4.84. The molecule has 2 aromatic heterocycles. The Morgan fingerprint density at radius 3 is 2.52 bits per heavy atom. The maximum Gasteiger partial charge on any atom is 0.276 e. The minimum atomic E-state index is -0.0930. The number of hydrogen-bond acceptors (Lipinski definition) is 4. The highest BCUT2D eigenvalue weighted by molar-refractivity contribution is 9.10. The standard InChI is InChI=1S/C17H10BrN3OS/c18-13-9-5-4-8-12(13)10-14-16(22)21-15(19-20-17(21)23-14)11-6-2-1-3-7-11/h1-10H/b14-10-. The molecule has 2 heterocycles. The minimum absolute atomic E-state index is 0.0930. The van der Waals surface area contributed by atoms with E-state index >= 15 is 0 Å². The van der Waals surface area contributed by atoms with Crippen LogP contribution in [0.3, 0.4) is 0 Å². The van der Waals surface area contributed by atoms with Crippen LogP contribution in [0, 0.1) is 0 Å².